The molecule has 0 saturated carbocycles. The van der Waals surface area contributed by atoms with Crippen molar-refractivity contribution in [2.75, 3.05) is 4.90 Å². The van der Waals surface area contributed by atoms with Gasteiger partial charge in [-0.15, -0.1) is 0 Å². The van der Waals surface area contributed by atoms with Crippen molar-refractivity contribution in [3.05, 3.63) is 23.9 Å². The van der Waals surface area contributed by atoms with Crippen molar-refractivity contribution in [1.82, 2.24) is 4.98 Å². The predicted octanol–water partition coefficient (Wildman–Crippen LogP) is 3.43. The Labute approximate surface area is 116 Å². The Morgan fingerprint density at radius 1 is 1.21 bits per heavy atom. The van der Waals surface area contributed by atoms with Gasteiger partial charge in [-0.25, -0.2) is 4.98 Å². The minimum atomic E-state index is -0.246. The summed E-state index contributed by atoms with van der Waals surface area (Å²) in [6.07, 6.45) is 2.56. The van der Waals surface area contributed by atoms with E-state index in [1.54, 1.807) is 6.20 Å². The van der Waals surface area contributed by atoms with Gasteiger partial charge in [0, 0.05) is 17.7 Å². The zero-order chi connectivity index (χ0) is 14.4. The molecule has 1 aromatic heterocycles. The van der Waals surface area contributed by atoms with Crippen molar-refractivity contribution in [2.24, 2.45) is 11.3 Å². The lowest BCUT2D eigenvalue weighted by molar-refractivity contribution is -0.127. The van der Waals surface area contributed by atoms with Gasteiger partial charge in [0.1, 0.15) is 5.82 Å². The van der Waals surface area contributed by atoms with E-state index in [4.69, 9.17) is 0 Å². The van der Waals surface area contributed by atoms with Gasteiger partial charge < -0.3 is 0 Å². The lowest BCUT2D eigenvalue weighted by Gasteiger charge is -2.44. The van der Waals surface area contributed by atoms with Crippen LogP contribution in [0, 0.1) is 11.3 Å². The van der Waals surface area contributed by atoms with Crippen molar-refractivity contribution in [3.63, 3.8) is 0 Å². The topological polar surface area (TPSA) is 33.2 Å². The number of nitrogens with zero attached hydrogens (tertiary/aromatic N) is 2. The number of hydrogen-bond acceptors (Lipinski definition) is 2. The molecule has 3 heteroatoms. The quantitative estimate of drug-likeness (QED) is 0.716. The number of amides is 1. The second kappa shape index (κ2) is 4.32. The highest BCUT2D eigenvalue weighted by atomic mass is 16.2. The summed E-state index contributed by atoms with van der Waals surface area (Å²) in [5, 5.41) is 0. The molecule has 2 heterocycles. The van der Waals surface area contributed by atoms with Crippen molar-refractivity contribution in [3.8, 4) is 0 Å². The Hall–Kier alpha value is -1.38. The van der Waals surface area contributed by atoms with Crippen LogP contribution in [-0.2, 0) is 11.2 Å². The van der Waals surface area contributed by atoms with Crippen LogP contribution in [0.4, 0.5) is 5.82 Å². The molecule has 1 aliphatic heterocycles. The highest BCUT2D eigenvalue weighted by molar-refractivity contribution is 5.98. The van der Waals surface area contributed by atoms with E-state index in [9.17, 15) is 4.79 Å². The van der Waals surface area contributed by atoms with Crippen LogP contribution in [-0.4, -0.2) is 16.4 Å². The molecule has 0 radical (unpaired) electrons. The standard InChI is InChI=1S/C16H24N2O/c1-15(2,3)12-10-11-8-7-9-17-13(11)18(14(12)19)16(4,5)6/h7-9,12H,10H2,1-6H3. The van der Waals surface area contributed by atoms with Crippen LogP contribution in [0.15, 0.2) is 18.3 Å². The fourth-order valence-corrected chi connectivity index (χ4v) is 2.68. The Kier molecular flexibility index (Phi) is 3.20. The molecule has 104 valence electrons. The van der Waals surface area contributed by atoms with Crippen LogP contribution in [0.5, 0.6) is 0 Å². The Morgan fingerprint density at radius 2 is 1.84 bits per heavy atom. The van der Waals surface area contributed by atoms with Gasteiger partial charge in [-0.05, 0) is 44.2 Å². The number of carbonyl (C=O) groups is 1. The highest BCUT2D eigenvalue weighted by Gasteiger charge is 2.43. The van der Waals surface area contributed by atoms with Crippen molar-refractivity contribution in [1.29, 1.82) is 0 Å². The molecule has 1 aliphatic rings. The first-order chi connectivity index (χ1) is 8.62. The molecular weight excluding hydrogens is 236 g/mol. The second-order valence-electron chi connectivity index (χ2n) is 7.45. The van der Waals surface area contributed by atoms with Gasteiger partial charge in [0.05, 0.1) is 0 Å². The largest absolute Gasteiger partial charge is 0.291 e. The zero-order valence-corrected chi connectivity index (χ0v) is 12.8. The third-order valence-corrected chi connectivity index (χ3v) is 3.74. The predicted molar refractivity (Wildman–Crippen MR) is 78.1 cm³/mol. The molecule has 3 nitrogen and oxygen atoms in total. The number of carbonyl (C=O) groups excluding carboxylic acids is 1. The number of hydrogen-bond donors (Lipinski definition) is 0. The maximum absolute atomic E-state index is 12.9. The fourth-order valence-electron chi connectivity index (χ4n) is 2.68. The molecule has 0 bridgehead atoms. The van der Waals surface area contributed by atoms with Crippen LogP contribution in [0.1, 0.15) is 47.1 Å². The SMILES string of the molecule is CC(C)(C)C1Cc2cccnc2N(C(C)(C)C)C1=O. The molecule has 0 N–H and O–H groups in total. The van der Waals surface area contributed by atoms with Gasteiger partial charge in [-0.3, -0.25) is 9.69 Å². The third kappa shape index (κ3) is 2.51. The lowest BCUT2D eigenvalue weighted by Crippen LogP contribution is -2.54. The smallest absolute Gasteiger partial charge is 0.232 e. The van der Waals surface area contributed by atoms with Crippen LogP contribution >= 0.6 is 0 Å². The maximum Gasteiger partial charge on any atom is 0.232 e. The van der Waals surface area contributed by atoms with E-state index in [0.29, 0.717) is 0 Å². The van der Waals surface area contributed by atoms with Crippen molar-refractivity contribution < 1.29 is 4.79 Å². The van der Waals surface area contributed by atoms with Crippen LogP contribution in [0.25, 0.3) is 0 Å². The minimum Gasteiger partial charge on any atom is -0.291 e. The monoisotopic (exact) mass is 260 g/mol. The Morgan fingerprint density at radius 3 is 2.37 bits per heavy atom. The van der Waals surface area contributed by atoms with Gasteiger partial charge in [-0.2, -0.15) is 0 Å². The summed E-state index contributed by atoms with van der Waals surface area (Å²) in [5.74, 6) is 1.05. The van der Waals surface area contributed by atoms with Crippen molar-refractivity contribution >= 4 is 11.7 Å². The Bertz CT molecular complexity index is 494. The van der Waals surface area contributed by atoms with Gasteiger partial charge >= 0.3 is 0 Å². The molecule has 1 aromatic rings. The average molecular weight is 260 g/mol. The van der Waals surface area contributed by atoms with Crippen LogP contribution in [0.3, 0.4) is 0 Å². The molecule has 0 fully saturated rings. The number of pyridine rings is 1. The zero-order valence-electron chi connectivity index (χ0n) is 12.8. The summed E-state index contributed by atoms with van der Waals surface area (Å²) in [6, 6.07) is 4.04. The van der Waals surface area contributed by atoms with Crippen LogP contribution in [0.2, 0.25) is 0 Å². The van der Waals surface area contributed by atoms with E-state index in [2.05, 4.69) is 52.6 Å². The van der Waals surface area contributed by atoms with Gasteiger partial charge in [-0.1, -0.05) is 26.8 Å². The summed E-state index contributed by atoms with van der Waals surface area (Å²) in [4.78, 5) is 19.2. The molecular formula is C16H24N2O. The molecule has 1 unspecified atom stereocenters. The third-order valence-electron chi connectivity index (χ3n) is 3.74. The second-order valence-corrected chi connectivity index (χ2v) is 7.45. The number of fused-ring (bicyclic) bond motifs is 1. The van der Waals surface area contributed by atoms with Gasteiger partial charge in [0.25, 0.3) is 0 Å². The first-order valence-corrected chi connectivity index (χ1v) is 6.90. The van der Waals surface area contributed by atoms with E-state index in [1.807, 2.05) is 11.0 Å². The minimum absolute atomic E-state index is 0.0171. The molecule has 1 atom stereocenters. The molecule has 2 rings (SSSR count). The number of aromatic nitrogens is 1. The molecule has 0 aliphatic carbocycles. The van der Waals surface area contributed by atoms with E-state index in [1.165, 1.54) is 5.56 Å². The average Bonchev–Trinajstić information content (AvgIpc) is 2.24. The molecule has 1 amide bonds. The normalized spacial score (nSPS) is 20.4. The molecule has 0 aromatic carbocycles. The molecule has 19 heavy (non-hydrogen) atoms. The summed E-state index contributed by atoms with van der Waals surface area (Å²) in [7, 11) is 0. The van der Waals surface area contributed by atoms with E-state index < -0.39 is 0 Å². The first-order valence-electron chi connectivity index (χ1n) is 6.90. The van der Waals surface area contributed by atoms with E-state index in [0.717, 1.165) is 12.2 Å². The summed E-state index contributed by atoms with van der Waals surface area (Å²) < 4.78 is 0. The summed E-state index contributed by atoms with van der Waals surface area (Å²) in [6.45, 7) is 12.6. The Balaban J connectivity index is 2.56. The van der Waals surface area contributed by atoms with Gasteiger partial charge in [0.2, 0.25) is 5.91 Å². The number of rotatable bonds is 0. The summed E-state index contributed by atoms with van der Waals surface area (Å²) >= 11 is 0. The first kappa shape index (κ1) is 14.0. The lowest BCUT2D eigenvalue weighted by atomic mass is 9.74. The molecule has 0 spiro atoms. The van der Waals surface area contributed by atoms with E-state index >= 15 is 0 Å². The van der Waals surface area contributed by atoms with Gasteiger partial charge in [0.15, 0.2) is 0 Å². The van der Waals surface area contributed by atoms with Crippen molar-refractivity contribution in [2.45, 2.75) is 53.5 Å². The maximum atomic E-state index is 12.9. The fraction of sp³-hybridized carbons (Fsp3) is 0.625. The summed E-state index contributed by atoms with van der Waals surface area (Å²) in [5.41, 5.74) is 0.898. The highest BCUT2D eigenvalue weighted by Crippen LogP contribution is 2.40. The van der Waals surface area contributed by atoms with E-state index in [-0.39, 0.29) is 22.8 Å². The van der Waals surface area contributed by atoms with Crippen LogP contribution < -0.4 is 4.90 Å². The number of anilines is 1. The molecule has 0 saturated heterocycles.